The van der Waals surface area contributed by atoms with Gasteiger partial charge in [-0.05, 0) is 0 Å². The van der Waals surface area contributed by atoms with Crippen LogP contribution in [-0.2, 0) is 0 Å². The predicted molar refractivity (Wildman–Crippen MR) is 46.5 cm³/mol. The van der Waals surface area contributed by atoms with E-state index in [1.807, 2.05) is 0 Å². The van der Waals surface area contributed by atoms with Gasteiger partial charge in [-0.15, -0.1) is 0 Å². The summed E-state index contributed by atoms with van der Waals surface area (Å²) >= 11 is 24.5. The van der Waals surface area contributed by atoms with Crippen molar-refractivity contribution >= 4 is 58.0 Å². The molecule has 0 heterocycles. The van der Waals surface area contributed by atoms with Crippen molar-refractivity contribution in [1.29, 1.82) is 0 Å². The molecule has 0 bridgehead atoms. The summed E-state index contributed by atoms with van der Waals surface area (Å²) in [5, 5.41) is 0. The lowest BCUT2D eigenvalue weighted by Gasteiger charge is -1.64. The van der Waals surface area contributed by atoms with Crippen LogP contribution in [0, 0.1) is 0 Å². The van der Waals surface area contributed by atoms with Crippen LogP contribution in [0.5, 0.6) is 0 Å². The van der Waals surface area contributed by atoms with E-state index < -0.39 is 0 Å². The van der Waals surface area contributed by atoms with Gasteiger partial charge in [0, 0.05) is 5.54 Å². The smallest absolute Gasteiger partial charge is 0.0904 e. The number of hydrogen-bond donors (Lipinski definition) is 0. The fourth-order valence-corrected chi connectivity index (χ4v) is 0. The van der Waals surface area contributed by atoms with E-state index in [1.54, 1.807) is 0 Å². The SMILES string of the molecule is C=C(Cl)Cl.ClC=C(Cl)Cl. The Balaban J connectivity index is 0. The Morgan fingerprint density at radius 3 is 1.22 bits per heavy atom. The van der Waals surface area contributed by atoms with E-state index >= 15 is 0 Å². The minimum atomic E-state index is 0.0895. The van der Waals surface area contributed by atoms with Crippen molar-refractivity contribution in [2.24, 2.45) is 0 Å². The highest BCUT2D eigenvalue weighted by Gasteiger charge is 1.70. The van der Waals surface area contributed by atoms with Crippen LogP contribution in [0.2, 0.25) is 0 Å². The second-order valence-electron chi connectivity index (χ2n) is 0.737. The maximum absolute atomic E-state index is 4.96. The van der Waals surface area contributed by atoms with E-state index in [0.29, 0.717) is 0 Å². The van der Waals surface area contributed by atoms with Gasteiger partial charge in [-0.1, -0.05) is 64.6 Å². The first-order chi connectivity index (χ1) is 4.00. The monoisotopic (exact) mass is 226 g/mol. The third kappa shape index (κ3) is 50.0. The van der Waals surface area contributed by atoms with Crippen molar-refractivity contribution in [1.82, 2.24) is 0 Å². The van der Waals surface area contributed by atoms with Crippen molar-refractivity contribution in [3.63, 3.8) is 0 Å². The number of hydrogen-bond acceptors (Lipinski definition) is 0. The van der Waals surface area contributed by atoms with Crippen LogP contribution in [0.1, 0.15) is 0 Å². The minimum absolute atomic E-state index is 0.0895. The van der Waals surface area contributed by atoms with Crippen LogP contribution in [-0.4, -0.2) is 0 Å². The molecule has 0 spiro atoms. The largest absolute Gasteiger partial charge is 0.118 e. The Hall–Kier alpha value is 0.930. The molecule has 0 unspecified atom stereocenters. The summed E-state index contributed by atoms with van der Waals surface area (Å²) in [6.07, 6.45) is 0. The van der Waals surface area contributed by atoms with Gasteiger partial charge in [0.25, 0.3) is 0 Å². The van der Waals surface area contributed by atoms with Crippen LogP contribution in [0.15, 0.2) is 21.1 Å². The van der Waals surface area contributed by atoms with Gasteiger partial charge in [0.1, 0.15) is 4.49 Å². The maximum Gasteiger partial charge on any atom is 0.118 e. The summed E-state index contributed by atoms with van der Waals surface area (Å²) in [4.78, 5) is 0. The van der Waals surface area contributed by atoms with Gasteiger partial charge in [0.2, 0.25) is 0 Å². The van der Waals surface area contributed by atoms with E-state index in [2.05, 4.69) is 6.58 Å². The summed E-state index contributed by atoms with van der Waals surface area (Å²) in [6.45, 7) is 3.09. The first-order valence-electron chi connectivity index (χ1n) is 1.62. The highest BCUT2D eigenvalue weighted by molar-refractivity contribution is 6.58. The van der Waals surface area contributed by atoms with Crippen molar-refractivity contribution in [2.75, 3.05) is 0 Å². The molecule has 0 saturated heterocycles. The summed E-state index contributed by atoms with van der Waals surface area (Å²) in [5.74, 6) is 0. The summed E-state index contributed by atoms with van der Waals surface area (Å²) in [6, 6.07) is 0. The van der Waals surface area contributed by atoms with Crippen LogP contribution >= 0.6 is 58.0 Å². The van der Waals surface area contributed by atoms with Crippen LogP contribution in [0.3, 0.4) is 0 Å². The third-order valence-corrected chi connectivity index (χ3v) is 0.742. The topological polar surface area (TPSA) is 0 Å². The highest BCUT2D eigenvalue weighted by atomic mass is 35.5. The fourth-order valence-electron chi connectivity index (χ4n) is 0. The van der Waals surface area contributed by atoms with E-state index in [4.69, 9.17) is 58.0 Å². The Morgan fingerprint density at radius 1 is 1.11 bits per heavy atom. The summed E-state index contributed by atoms with van der Waals surface area (Å²) in [5.41, 5.74) is 1.09. The fraction of sp³-hybridized carbons (Fsp3) is 0. The molecule has 0 rings (SSSR count). The molecule has 5 heteroatoms. The lowest BCUT2D eigenvalue weighted by Crippen LogP contribution is -1.33. The molecule has 0 aromatic rings. The van der Waals surface area contributed by atoms with Gasteiger partial charge in [-0.2, -0.15) is 0 Å². The number of rotatable bonds is 0. The first-order valence-corrected chi connectivity index (χ1v) is 3.56. The average molecular weight is 228 g/mol. The second-order valence-corrected chi connectivity index (χ2v) is 3.07. The molecule has 0 aromatic carbocycles. The highest BCUT2D eigenvalue weighted by Crippen LogP contribution is 2.05. The summed E-state index contributed by atoms with van der Waals surface area (Å²) < 4.78 is 0.201. The molecule has 0 aliphatic carbocycles. The molecule has 54 valence electrons. The zero-order valence-corrected chi connectivity index (χ0v) is 7.95. The van der Waals surface area contributed by atoms with Crippen LogP contribution in [0.4, 0.5) is 0 Å². The molecular formula is C4H3Cl5. The molecule has 0 aliphatic heterocycles. The Labute approximate surface area is 79.0 Å². The molecule has 0 fully saturated rings. The molecule has 0 amide bonds. The van der Waals surface area contributed by atoms with Crippen molar-refractivity contribution in [2.45, 2.75) is 0 Å². The van der Waals surface area contributed by atoms with Crippen molar-refractivity contribution in [3.8, 4) is 0 Å². The molecule has 0 aliphatic rings. The quantitative estimate of drug-likeness (QED) is 0.575. The molecule has 0 atom stereocenters. The average Bonchev–Trinajstić information content (AvgIpc) is 1.65. The van der Waals surface area contributed by atoms with Crippen molar-refractivity contribution < 1.29 is 0 Å². The zero-order valence-electron chi connectivity index (χ0n) is 4.17. The van der Waals surface area contributed by atoms with Gasteiger partial charge in [-0.3, -0.25) is 0 Å². The maximum atomic E-state index is 4.96. The van der Waals surface area contributed by atoms with Crippen molar-refractivity contribution in [3.05, 3.63) is 21.1 Å². The lowest BCUT2D eigenvalue weighted by atomic mass is 11.2. The minimum Gasteiger partial charge on any atom is -0.0904 e. The third-order valence-electron chi connectivity index (χ3n) is 0.0825. The van der Waals surface area contributed by atoms with Crippen LogP contribution < -0.4 is 0 Å². The standard InChI is InChI=1S/C2HCl3.C2H2Cl2/c3-1-2(4)5;1-2(3)4/h1H;1H2. The Bertz CT molecular complexity index is 97.5. The first kappa shape index (κ1) is 12.6. The van der Waals surface area contributed by atoms with Gasteiger partial charge in [0.05, 0.1) is 4.49 Å². The summed E-state index contributed by atoms with van der Waals surface area (Å²) in [7, 11) is 0. The number of halogens is 5. The van der Waals surface area contributed by atoms with Gasteiger partial charge in [0.15, 0.2) is 0 Å². The van der Waals surface area contributed by atoms with Crippen LogP contribution in [0.25, 0.3) is 0 Å². The molecule has 0 N–H and O–H groups in total. The molecule has 0 nitrogen and oxygen atoms in total. The van der Waals surface area contributed by atoms with E-state index in [-0.39, 0.29) is 8.98 Å². The predicted octanol–water partition coefficient (Wildman–Crippen LogP) is 4.44. The van der Waals surface area contributed by atoms with E-state index in [0.717, 1.165) is 5.54 Å². The lowest BCUT2D eigenvalue weighted by molar-refractivity contribution is 2.36. The molecule has 0 aromatic heterocycles. The van der Waals surface area contributed by atoms with Gasteiger partial charge < -0.3 is 0 Å². The van der Waals surface area contributed by atoms with Gasteiger partial charge >= 0.3 is 0 Å². The Kier molecular flexibility index (Phi) is 12.5. The normalized spacial score (nSPS) is 6.78. The zero-order chi connectivity index (χ0) is 7.86. The molecule has 0 radical (unpaired) electrons. The molecular weight excluding hydrogens is 225 g/mol. The van der Waals surface area contributed by atoms with Gasteiger partial charge in [-0.25, -0.2) is 0 Å². The molecule has 9 heavy (non-hydrogen) atoms. The van der Waals surface area contributed by atoms with E-state index in [1.165, 1.54) is 0 Å². The molecule has 0 saturated carbocycles. The Morgan fingerprint density at radius 2 is 1.22 bits per heavy atom. The second kappa shape index (κ2) is 8.93. The van der Waals surface area contributed by atoms with E-state index in [9.17, 15) is 0 Å².